The van der Waals surface area contributed by atoms with Gasteiger partial charge in [0.05, 0.1) is 0 Å². The zero-order valence-corrected chi connectivity index (χ0v) is 20.4. The van der Waals surface area contributed by atoms with Gasteiger partial charge in [0.2, 0.25) is 0 Å². The lowest BCUT2D eigenvalue weighted by Crippen LogP contribution is -2.29. The van der Waals surface area contributed by atoms with Crippen molar-refractivity contribution in [2.24, 2.45) is 5.92 Å². The van der Waals surface area contributed by atoms with Crippen LogP contribution in [-0.2, 0) is 0 Å². The van der Waals surface area contributed by atoms with Crippen LogP contribution in [0.2, 0.25) is 0 Å². The van der Waals surface area contributed by atoms with E-state index in [9.17, 15) is 0 Å². The van der Waals surface area contributed by atoms with Gasteiger partial charge in [-0.15, -0.1) is 0 Å². The van der Waals surface area contributed by atoms with Gasteiger partial charge < -0.3 is 0 Å². The van der Waals surface area contributed by atoms with Crippen LogP contribution >= 0.6 is 95.6 Å². The van der Waals surface area contributed by atoms with Crippen LogP contribution in [0.4, 0.5) is 0 Å². The molecule has 0 aromatic heterocycles. The van der Waals surface area contributed by atoms with Crippen molar-refractivity contribution in [2.45, 2.75) is 68.0 Å². The Bertz CT molecular complexity index is 262. The van der Waals surface area contributed by atoms with E-state index >= 15 is 0 Å². The summed E-state index contributed by atoms with van der Waals surface area (Å²) in [5, 5.41) is 0. The number of hydrogen-bond acceptors (Lipinski definition) is 0. The lowest BCUT2D eigenvalue weighted by molar-refractivity contribution is 0.464. The van der Waals surface area contributed by atoms with Gasteiger partial charge in [-0.2, -0.15) is 0 Å². The second-order valence-corrected chi connectivity index (χ2v) is 12.3. The minimum Gasteiger partial charge on any atom is -0.0879 e. The second kappa shape index (κ2) is 9.89. The molecule has 0 amide bonds. The Balaban J connectivity index is 2.72. The molecule has 7 atom stereocenters. The average molecular weight is 656 g/mol. The van der Waals surface area contributed by atoms with E-state index in [4.69, 9.17) is 0 Å². The van der Waals surface area contributed by atoms with Crippen LogP contribution in [-0.4, -0.2) is 29.0 Å². The summed E-state index contributed by atoms with van der Waals surface area (Å²) in [6.45, 7) is 2.34. The van der Waals surface area contributed by atoms with Gasteiger partial charge in [-0.1, -0.05) is 103 Å². The Hall–Kier alpha value is 2.88. The summed E-state index contributed by atoms with van der Waals surface area (Å²) in [6.07, 6.45) is 5.99. The molecule has 0 radical (unpaired) electrons. The highest BCUT2D eigenvalue weighted by molar-refractivity contribution is 9.13. The highest BCUT2D eigenvalue weighted by Gasteiger charge is 2.29. The topological polar surface area (TPSA) is 0 Å². The maximum atomic E-state index is 3.88. The Morgan fingerprint density at radius 1 is 0.579 bits per heavy atom. The first-order valence-corrected chi connectivity index (χ1v) is 12.2. The largest absolute Gasteiger partial charge is 0.0879 e. The van der Waals surface area contributed by atoms with Crippen LogP contribution in [0, 0.1) is 5.92 Å². The zero-order valence-electron chi connectivity index (χ0n) is 10.8. The van der Waals surface area contributed by atoms with Gasteiger partial charge in [-0.3, -0.25) is 0 Å². The van der Waals surface area contributed by atoms with Gasteiger partial charge in [-0.05, 0) is 38.0 Å². The Kier molecular flexibility index (Phi) is 10.4. The number of hydrogen-bond donors (Lipinski definition) is 0. The first-order valence-electron chi connectivity index (χ1n) is 6.67. The maximum absolute atomic E-state index is 3.88. The van der Waals surface area contributed by atoms with E-state index < -0.39 is 0 Å². The van der Waals surface area contributed by atoms with Crippen LogP contribution < -0.4 is 0 Å². The van der Waals surface area contributed by atoms with E-state index in [-0.39, 0.29) is 0 Å². The molecule has 1 saturated carbocycles. The van der Waals surface area contributed by atoms with Crippen molar-refractivity contribution in [1.82, 2.24) is 0 Å². The van der Waals surface area contributed by atoms with E-state index in [2.05, 4.69) is 103 Å². The predicted molar refractivity (Wildman–Crippen MR) is 109 cm³/mol. The van der Waals surface area contributed by atoms with Crippen LogP contribution in [0.5, 0.6) is 0 Å². The minimum atomic E-state index is 0.528. The lowest BCUT2D eigenvalue weighted by Gasteiger charge is -2.29. The zero-order chi connectivity index (χ0) is 14.6. The molecule has 1 aliphatic rings. The van der Waals surface area contributed by atoms with Crippen molar-refractivity contribution in [1.29, 1.82) is 0 Å². The van der Waals surface area contributed by atoms with E-state index in [0.717, 1.165) is 0 Å². The molecular weight excluding hydrogens is 636 g/mol. The minimum absolute atomic E-state index is 0.528. The number of rotatable bonds is 0. The molecular formula is C13H20Br6. The van der Waals surface area contributed by atoms with Crippen LogP contribution in [0.1, 0.15) is 39.0 Å². The van der Waals surface area contributed by atoms with Crippen LogP contribution in [0.3, 0.4) is 0 Å². The van der Waals surface area contributed by atoms with E-state index in [0.29, 0.717) is 34.9 Å². The first-order chi connectivity index (χ1) is 8.82. The Morgan fingerprint density at radius 3 is 1.42 bits per heavy atom. The molecule has 0 aromatic carbocycles. The third kappa shape index (κ3) is 6.88. The molecule has 7 unspecified atom stereocenters. The number of halogens is 6. The van der Waals surface area contributed by atoms with E-state index in [1.165, 1.54) is 32.1 Å². The normalized spacial score (nSPS) is 47.2. The quantitative estimate of drug-likeness (QED) is 0.243. The maximum Gasteiger partial charge on any atom is 0.0297 e. The molecule has 0 nitrogen and oxygen atoms in total. The van der Waals surface area contributed by atoms with Gasteiger partial charge in [0, 0.05) is 29.0 Å². The monoisotopic (exact) mass is 650 g/mol. The lowest BCUT2D eigenvalue weighted by atomic mass is 9.94. The van der Waals surface area contributed by atoms with Crippen molar-refractivity contribution in [3.8, 4) is 0 Å². The summed E-state index contributed by atoms with van der Waals surface area (Å²) >= 11 is 23.1. The summed E-state index contributed by atoms with van der Waals surface area (Å²) in [4.78, 5) is 3.25. The molecule has 114 valence electrons. The fraction of sp³-hybridized carbons (Fsp3) is 1.00. The molecule has 1 aliphatic carbocycles. The molecule has 0 N–H and O–H groups in total. The molecule has 1 rings (SSSR count). The molecule has 0 aromatic rings. The SMILES string of the molecule is CC1CC(Br)C(Br)CCC(Br)C(Br)CCC(Br)C1Br. The van der Waals surface area contributed by atoms with Crippen molar-refractivity contribution in [3.63, 3.8) is 0 Å². The third-order valence-corrected chi connectivity index (χ3v) is 12.7. The smallest absolute Gasteiger partial charge is 0.0297 e. The standard InChI is InChI=1S/C13H20Br6/c1-7-6-12(18)10(16)3-2-8(14)9(15)4-5-11(17)13(7)19/h7-13H,2-6H2,1H3. The van der Waals surface area contributed by atoms with Gasteiger partial charge in [0.25, 0.3) is 0 Å². The van der Waals surface area contributed by atoms with Gasteiger partial charge in [-0.25, -0.2) is 0 Å². The predicted octanol–water partition coefficient (Wildman–Crippen LogP) is 7.17. The summed E-state index contributed by atoms with van der Waals surface area (Å²) in [6, 6.07) is 0. The second-order valence-electron chi connectivity index (χ2n) is 5.39. The fourth-order valence-corrected chi connectivity index (χ4v) is 5.98. The van der Waals surface area contributed by atoms with Crippen molar-refractivity contribution >= 4 is 95.6 Å². The highest BCUT2D eigenvalue weighted by Crippen LogP contribution is 2.36. The molecule has 6 heteroatoms. The Morgan fingerprint density at radius 2 is 0.947 bits per heavy atom. The van der Waals surface area contributed by atoms with E-state index in [1.807, 2.05) is 0 Å². The summed E-state index contributed by atoms with van der Waals surface area (Å²) in [5.41, 5.74) is 0. The molecule has 0 aliphatic heterocycles. The summed E-state index contributed by atoms with van der Waals surface area (Å²) in [5.74, 6) is 0.654. The third-order valence-electron chi connectivity index (χ3n) is 3.71. The molecule has 0 heterocycles. The van der Waals surface area contributed by atoms with Crippen molar-refractivity contribution in [3.05, 3.63) is 0 Å². The molecule has 19 heavy (non-hydrogen) atoms. The molecule has 0 spiro atoms. The molecule has 1 fully saturated rings. The van der Waals surface area contributed by atoms with Gasteiger partial charge in [0.1, 0.15) is 0 Å². The van der Waals surface area contributed by atoms with Gasteiger partial charge >= 0.3 is 0 Å². The van der Waals surface area contributed by atoms with Crippen molar-refractivity contribution < 1.29 is 0 Å². The summed E-state index contributed by atoms with van der Waals surface area (Å²) < 4.78 is 0. The Labute approximate surface area is 167 Å². The fourth-order valence-electron chi connectivity index (χ4n) is 2.33. The van der Waals surface area contributed by atoms with E-state index in [1.54, 1.807) is 0 Å². The number of alkyl halides is 6. The first kappa shape index (κ1) is 19.9. The van der Waals surface area contributed by atoms with Crippen LogP contribution in [0.15, 0.2) is 0 Å². The van der Waals surface area contributed by atoms with Gasteiger partial charge in [0.15, 0.2) is 0 Å². The van der Waals surface area contributed by atoms with Crippen molar-refractivity contribution in [2.75, 3.05) is 0 Å². The highest BCUT2D eigenvalue weighted by atomic mass is 79.9. The molecule has 0 bridgehead atoms. The average Bonchev–Trinajstić information content (AvgIpc) is 2.38. The summed E-state index contributed by atoms with van der Waals surface area (Å²) in [7, 11) is 0. The molecule has 0 saturated heterocycles. The van der Waals surface area contributed by atoms with Crippen LogP contribution in [0.25, 0.3) is 0 Å².